The molecule has 0 aromatic carbocycles. The average Bonchev–Trinajstić information content (AvgIpc) is 2.09. The maximum Gasteiger partial charge on any atom is 0.342 e. The Labute approximate surface area is 75.2 Å². The lowest BCUT2D eigenvalue weighted by Gasteiger charge is -1.96. The second-order valence-electron chi connectivity index (χ2n) is 2.91. The maximum atomic E-state index is 11.1. The van der Waals surface area contributed by atoms with Gasteiger partial charge in [-0.2, -0.15) is 5.10 Å². The van der Waals surface area contributed by atoms with E-state index in [9.17, 15) is 9.59 Å². The van der Waals surface area contributed by atoms with E-state index >= 15 is 0 Å². The van der Waals surface area contributed by atoms with Crippen LogP contribution in [0.15, 0.2) is 9.59 Å². The molecule has 2 N–H and O–H groups in total. The quantitative estimate of drug-likeness (QED) is 0.654. The first-order valence-corrected chi connectivity index (χ1v) is 4.42. The summed E-state index contributed by atoms with van der Waals surface area (Å²) in [4.78, 5) is 23.8. The topological polar surface area (TPSA) is 78.6 Å². The molecule has 0 saturated heterocycles. The van der Waals surface area contributed by atoms with Crippen LogP contribution in [0.25, 0.3) is 0 Å². The number of unbranched alkanes of at least 4 members (excludes halogenated alkanes) is 2. The molecule has 5 heteroatoms. The SMILES string of the molecule is CCCCCc1n[nH]c(=O)[nH]c1=O. The van der Waals surface area contributed by atoms with Gasteiger partial charge in [0.2, 0.25) is 0 Å². The van der Waals surface area contributed by atoms with E-state index in [4.69, 9.17) is 0 Å². The molecule has 0 amide bonds. The molecule has 72 valence electrons. The van der Waals surface area contributed by atoms with E-state index in [-0.39, 0.29) is 5.56 Å². The third kappa shape index (κ3) is 2.85. The van der Waals surface area contributed by atoms with E-state index in [0.29, 0.717) is 12.1 Å². The number of hydrogen-bond acceptors (Lipinski definition) is 3. The first-order chi connectivity index (χ1) is 6.24. The minimum Gasteiger partial charge on any atom is -0.271 e. The van der Waals surface area contributed by atoms with Gasteiger partial charge in [0.05, 0.1) is 0 Å². The van der Waals surface area contributed by atoms with Crippen molar-refractivity contribution in [3.63, 3.8) is 0 Å². The first kappa shape index (κ1) is 9.70. The maximum absolute atomic E-state index is 11.1. The van der Waals surface area contributed by atoms with Crippen LogP contribution in [0, 0.1) is 0 Å². The van der Waals surface area contributed by atoms with Crippen LogP contribution in [0.2, 0.25) is 0 Å². The van der Waals surface area contributed by atoms with Crippen LogP contribution >= 0.6 is 0 Å². The lowest BCUT2D eigenvalue weighted by molar-refractivity contribution is 0.684. The van der Waals surface area contributed by atoms with Gasteiger partial charge in [0.25, 0.3) is 5.56 Å². The lowest BCUT2D eigenvalue weighted by Crippen LogP contribution is -2.27. The Balaban J connectivity index is 2.67. The summed E-state index contributed by atoms with van der Waals surface area (Å²) in [5, 5.41) is 5.87. The normalized spacial score (nSPS) is 10.2. The molecule has 0 fully saturated rings. The number of aromatic nitrogens is 3. The van der Waals surface area contributed by atoms with Crippen LogP contribution in [0.1, 0.15) is 31.9 Å². The molecule has 0 saturated carbocycles. The molecule has 1 aromatic rings. The highest BCUT2D eigenvalue weighted by atomic mass is 16.2. The van der Waals surface area contributed by atoms with Gasteiger partial charge in [-0.3, -0.25) is 9.78 Å². The summed E-state index contributed by atoms with van der Waals surface area (Å²) >= 11 is 0. The molecule has 0 aliphatic carbocycles. The van der Waals surface area contributed by atoms with Gasteiger partial charge >= 0.3 is 5.69 Å². The summed E-state index contributed by atoms with van der Waals surface area (Å²) in [6.45, 7) is 2.09. The standard InChI is InChI=1S/C8H13N3O2/c1-2-3-4-5-6-7(12)9-8(13)11-10-6/h2-5H2,1H3,(H2,9,11,12,13). The monoisotopic (exact) mass is 183 g/mol. The largest absolute Gasteiger partial charge is 0.342 e. The van der Waals surface area contributed by atoms with E-state index in [2.05, 4.69) is 22.1 Å². The van der Waals surface area contributed by atoms with Crippen LogP contribution in [-0.4, -0.2) is 15.2 Å². The summed E-state index contributed by atoms with van der Waals surface area (Å²) in [7, 11) is 0. The molecule has 0 atom stereocenters. The smallest absolute Gasteiger partial charge is 0.271 e. The Hall–Kier alpha value is -1.39. The van der Waals surface area contributed by atoms with Crippen LogP contribution in [0.5, 0.6) is 0 Å². The van der Waals surface area contributed by atoms with Crippen molar-refractivity contribution in [1.82, 2.24) is 15.2 Å². The van der Waals surface area contributed by atoms with Gasteiger partial charge in [0.1, 0.15) is 5.69 Å². The summed E-state index contributed by atoms with van der Waals surface area (Å²) < 4.78 is 0. The lowest BCUT2D eigenvalue weighted by atomic mass is 10.2. The molecule has 13 heavy (non-hydrogen) atoms. The van der Waals surface area contributed by atoms with Gasteiger partial charge < -0.3 is 0 Å². The average molecular weight is 183 g/mol. The number of aromatic amines is 2. The van der Waals surface area contributed by atoms with Crippen molar-refractivity contribution in [1.29, 1.82) is 0 Å². The second-order valence-corrected chi connectivity index (χ2v) is 2.91. The molecule has 0 aliphatic rings. The van der Waals surface area contributed by atoms with Crippen molar-refractivity contribution >= 4 is 0 Å². The predicted octanol–water partition coefficient (Wildman–Crippen LogP) is 0.191. The minimum atomic E-state index is -0.552. The zero-order valence-electron chi connectivity index (χ0n) is 7.59. The Morgan fingerprint density at radius 1 is 1.31 bits per heavy atom. The van der Waals surface area contributed by atoms with E-state index in [1.165, 1.54) is 0 Å². The predicted molar refractivity (Wildman–Crippen MR) is 48.7 cm³/mol. The summed E-state index contributed by atoms with van der Waals surface area (Å²) in [6, 6.07) is 0. The molecule has 0 unspecified atom stereocenters. The highest BCUT2D eigenvalue weighted by Gasteiger charge is 2.00. The molecule has 0 bridgehead atoms. The van der Waals surface area contributed by atoms with Crippen molar-refractivity contribution in [2.75, 3.05) is 0 Å². The van der Waals surface area contributed by atoms with E-state index in [1.807, 2.05) is 0 Å². The van der Waals surface area contributed by atoms with Gasteiger partial charge in [0, 0.05) is 0 Å². The zero-order valence-corrected chi connectivity index (χ0v) is 7.59. The fourth-order valence-electron chi connectivity index (χ4n) is 1.08. The molecule has 0 aliphatic heterocycles. The summed E-state index contributed by atoms with van der Waals surface area (Å²) in [6.07, 6.45) is 3.72. The van der Waals surface area contributed by atoms with Crippen molar-refractivity contribution in [3.8, 4) is 0 Å². The van der Waals surface area contributed by atoms with Crippen molar-refractivity contribution in [2.24, 2.45) is 0 Å². The zero-order chi connectivity index (χ0) is 9.68. The molecule has 5 nitrogen and oxygen atoms in total. The number of aryl methyl sites for hydroxylation is 1. The Kier molecular flexibility index (Phi) is 3.42. The summed E-state index contributed by atoms with van der Waals surface area (Å²) in [5.74, 6) is 0. The number of H-pyrrole nitrogens is 2. The van der Waals surface area contributed by atoms with Crippen LogP contribution in [-0.2, 0) is 6.42 Å². The first-order valence-electron chi connectivity index (χ1n) is 4.42. The van der Waals surface area contributed by atoms with Crippen molar-refractivity contribution < 1.29 is 0 Å². The third-order valence-corrected chi connectivity index (χ3v) is 1.80. The number of hydrogen-bond donors (Lipinski definition) is 2. The molecule has 1 rings (SSSR count). The van der Waals surface area contributed by atoms with Crippen molar-refractivity contribution in [3.05, 3.63) is 26.5 Å². The molecule has 0 spiro atoms. The molecular weight excluding hydrogens is 170 g/mol. The summed E-state index contributed by atoms with van der Waals surface area (Å²) in [5.41, 5.74) is -0.517. The second kappa shape index (κ2) is 4.59. The Bertz CT molecular complexity index is 366. The third-order valence-electron chi connectivity index (χ3n) is 1.80. The number of rotatable bonds is 4. The minimum absolute atomic E-state index is 0.375. The molecule has 1 heterocycles. The number of nitrogens with one attached hydrogen (secondary N) is 2. The van der Waals surface area contributed by atoms with E-state index in [1.54, 1.807) is 0 Å². The number of nitrogens with zero attached hydrogens (tertiary/aromatic N) is 1. The van der Waals surface area contributed by atoms with Gasteiger partial charge in [-0.25, -0.2) is 9.89 Å². The highest BCUT2D eigenvalue weighted by Crippen LogP contribution is 1.97. The van der Waals surface area contributed by atoms with Crippen molar-refractivity contribution in [2.45, 2.75) is 32.6 Å². The van der Waals surface area contributed by atoms with Crippen LogP contribution < -0.4 is 11.2 Å². The van der Waals surface area contributed by atoms with E-state index < -0.39 is 5.69 Å². The van der Waals surface area contributed by atoms with E-state index in [0.717, 1.165) is 19.3 Å². The molecular formula is C8H13N3O2. The van der Waals surface area contributed by atoms with Gasteiger partial charge in [0.15, 0.2) is 0 Å². The van der Waals surface area contributed by atoms with Gasteiger partial charge in [-0.15, -0.1) is 0 Å². The highest BCUT2D eigenvalue weighted by molar-refractivity contribution is 4.91. The van der Waals surface area contributed by atoms with Gasteiger partial charge in [-0.1, -0.05) is 19.8 Å². The fraction of sp³-hybridized carbons (Fsp3) is 0.625. The fourth-order valence-corrected chi connectivity index (χ4v) is 1.08. The molecule has 1 aromatic heterocycles. The Morgan fingerprint density at radius 2 is 2.08 bits per heavy atom. The van der Waals surface area contributed by atoms with Crippen LogP contribution in [0.4, 0.5) is 0 Å². The van der Waals surface area contributed by atoms with Crippen LogP contribution in [0.3, 0.4) is 0 Å². The Morgan fingerprint density at radius 3 is 2.69 bits per heavy atom. The molecule has 0 radical (unpaired) electrons. The van der Waals surface area contributed by atoms with Gasteiger partial charge in [-0.05, 0) is 12.8 Å².